The largest absolute Gasteiger partial charge is 0.460 e. The van der Waals surface area contributed by atoms with Crippen molar-refractivity contribution in [3.63, 3.8) is 0 Å². The monoisotopic (exact) mass is 640 g/mol. The summed E-state index contributed by atoms with van der Waals surface area (Å²) in [7, 11) is 0. The first-order valence-electron chi connectivity index (χ1n) is 8.93. The Bertz CT molecular complexity index is 1080. The molecule has 0 saturated carbocycles. The van der Waals surface area contributed by atoms with Gasteiger partial charge in [-0.15, -0.1) is 0 Å². The highest BCUT2D eigenvalue weighted by atomic mass is 19.4. The van der Waals surface area contributed by atoms with Crippen LogP contribution in [-0.4, -0.2) is 70.5 Å². The Hall–Kier alpha value is -2.85. The van der Waals surface area contributed by atoms with Crippen molar-refractivity contribution < 1.29 is 97.0 Å². The average Bonchev–Trinajstić information content (AvgIpc) is 2.77. The minimum Gasteiger partial charge on any atom is -0.288 e. The number of amides is 1. The Morgan fingerprint density at radius 3 is 1.05 bits per heavy atom. The highest BCUT2D eigenvalue weighted by molar-refractivity contribution is 5.94. The van der Waals surface area contributed by atoms with Crippen molar-refractivity contribution >= 4 is 5.91 Å². The molecule has 0 aliphatic rings. The molecule has 1 aromatic rings. The van der Waals surface area contributed by atoms with E-state index in [1.54, 1.807) is 0 Å². The van der Waals surface area contributed by atoms with Gasteiger partial charge in [-0.3, -0.25) is 15.1 Å². The first-order chi connectivity index (χ1) is 17.2. The molecular weight excluding hydrogens is 635 g/mol. The Morgan fingerprint density at radius 1 is 0.475 bits per heavy atom. The molecule has 40 heavy (non-hydrogen) atoms. The first-order valence-corrected chi connectivity index (χ1v) is 8.93. The Morgan fingerprint density at radius 2 is 0.750 bits per heavy atom. The quantitative estimate of drug-likeness (QED) is 0.220. The van der Waals surface area contributed by atoms with Crippen molar-refractivity contribution in [1.29, 1.82) is 0 Å². The molecule has 1 heterocycles. The normalized spacial score (nSPS) is 15.7. The minimum atomic E-state index is -9.25. The second-order valence-electron chi connectivity index (χ2n) is 7.36. The minimum absolute atomic E-state index is 0.351. The van der Waals surface area contributed by atoms with Gasteiger partial charge in [0.1, 0.15) is 0 Å². The molecule has 1 rings (SSSR count). The number of rotatable bonds is 10. The molecule has 0 bridgehead atoms. The summed E-state index contributed by atoms with van der Waals surface area (Å²) in [6, 6.07) is -6.52. The van der Waals surface area contributed by atoms with E-state index in [-0.39, 0.29) is 0 Å². The number of alkyl halides is 21. The zero-order chi connectivity index (χ0) is 32.4. The van der Waals surface area contributed by atoms with Crippen LogP contribution in [0.3, 0.4) is 0 Å². The summed E-state index contributed by atoms with van der Waals surface area (Å²) in [4.78, 5) is 14.6. The smallest absolute Gasteiger partial charge is 0.288 e. The van der Waals surface area contributed by atoms with Crippen LogP contribution in [0, 0.1) is 0 Å². The van der Waals surface area contributed by atoms with E-state index >= 15 is 0 Å². The fourth-order valence-corrected chi connectivity index (χ4v) is 2.35. The van der Waals surface area contributed by atoms with E-state index < -0.39 is 76.4 Å². The van der Waals surface area contributed by atoms with E-state index in [2.05, 4.69) is 4.98 Å². The maximum atomic E-state index is 13.8. The lowest BCUT2D eigenvalue weighted by atomic mass is 9.87. The van der Waals surface area contributed by atoms with Crippen LogP contribution < -0.4 is 5.32 Å². The Kier molecular flexibility index (Phi) is 8.21. The topological polar surface area (TPSA) is 42.0 Å². The fourth-order valence-electron chi connectivity index (χ4n) is 2.35. The third-order valence-electron chi connectivity index (χ3n) is 4.72. The van der Waals surface area contributed by atoms with Crippen molar-refractivity contribution in [2.75, 3.05) is 0 Å². The summed E-state index contributed by atoms with van der Waals surface area (Å²) in [5.41, 5.74) is -1.22. The molecule has 0 aliphatic heterocycles. The highest BCUT2D eigenvalue weighted by Gasteiger charge is 2.98. The van der Waals surface area contributed by atoms with Gasteiger partial charge in [0.05, 0.1) is 0 Å². The van der Waals surface area contributed by atoms with E-state index in [1.165, 1.54) is 0 Å². The maximum absolute atomic E-state index is 13.8. The molecule has 0 fully saturated rings. The van der Waals surface area contributed by atoms with E-state index in [4.69, 9.17) is 0 Å². The van der Waals surface area contributed by atoms with Gasteiger partial charge in [0.25, 0.3) is 5.91 Å². The number of carbonyl (C=O) groups excluding carboxylic acids is 1. The number of halogens is 21. The number of pyridine rings is 1. The lowest BCUT2D eigenvalue weighted by molar-refractivity contribution is -0.474. The van der Waals surface area contributed by atoms with Crippen LogP contribution in [0.1, 0.15) is 10.4 Å². The second-order valence-corrected chi connectivity index (χ2v) is 7.36. The second kappa shape index (κ2) is 9.34. The van der Waals surface area contributed by atoms with E-state index in [1.807, 2.05) is 0 Å². The van der Waals surface area contributed by atoms with Gasteiger partial charge in [-0.1, -0.05) is 0 Å². The van der Waals surface area contributed by atoms with Crippen molar-refractivity contribution in [2.45, 2.75) is 59.6 Å². The third-order valence-corrected chi connectivity index (χ3v) is 4.72. The van der Waals surface area contributed by atoms with Gasteiger partial charge < -0.3 is 0 Å². The number of hydrogen-bond acceptors (Lipinski definition) is 2. The van der Waals surface area contributed by atoms with E-state index in [0.717, 1.165) is 0 Å². The van der Waals surface area contributed by atoms with Gasteiger partial charge in [0.15, 0.2) is 0 Å². The van der Waals surface area contributed by atoms with Crippen LogP contribution in [0.25, 0.3) is 0 Å². The molecule has 1 aromatic heterocycles. The van der Waals surface area contributed by atoms with Crippen LogP contribution in [0.4, 0.5) is 92.2 Å². The number of aromatic nitrogens is 1. The third kappa shape index (κ3) is 4.53. The molecule has 1 N–H and O–H groups in total. The van der Waals surface area contributed by atoms with Crippen LogP contribution >= 0.6 is 0 Å². The summed E-state index contributed by atoms with van der Waals surface area (Å²) in [6.07, 6.45) is -6.97. The van der Waals surface area contributed by atoms with E-state index in [9.17, 15) is 97.0 Å². The van der Waals surface area contributed by atoms with Gasteiger partial charge in [0, 0.05) is 18.0 Å². The van der Waals surface area contributed by atoms with Crippen LogP contribution in [0.15, 0.2) is 24.5 Å². The number of nitrogens with zero attached hydrogens (tertiary/aromatic N) is 1. The summed E-state index contributed by atoms with van der Waals surface area (Å²) in [6.45, 7) is 0. The molecule has 0 atom stereocenters. The molecular formula is C16H5F21N2O. The standard InChI is InChI=1S/C16H5F21N2O/c17-7(18,9(21,22)11(25,26)13(29,30)15(33,34)35)8(19,20)10(23,24)12(27,28)14(31,32)16(36,37)39-6(40)5-1-3-38-4-2-5/h1-4H,(H,39,40). The molecule has 0 unspecified atom stereocenters. The summed E-state index contributed by atoms with van der Waals surface area (Å²) in [5, 5.41) is -0.416. The number of carbonyl (C=O) groups is 1. The molecule has 3 nitrogen and oxygen atoms in total. The SMILES string of the molecule is O=C(NC(F)(F)C(F)(F)C(F)(F)C(F)(F)C(F)(F)C(F)(F)C(F)(F)C(F)(F)C(F)(F)C(F)(F)F)c1ccncc1. The molecule has 0 spiro atoms. The molecule has 232 valence electrons. The predicted molar refractivity (Wildman–Crippen MR) is 82.3 cm³/mol. The molecule has 0 aromatic carbocycles. The maximum Gasteiger partial charge on any atom is 0.460 e. The number of hydrogen-bond donors (Lipinski definition) is 1. The predicted octanol–water partition coefficient (Wildman–Crippen LogP) is 7.05. The number of nitrogens with one attached hydrogen (secondary N) is 1. The van der Waals surface area contributed by atoms with E-state index in [0.29, 0.717) is 24.5 Å². The van der Waals surface area contributed by atoms with Crippen molar-refractivity contribution in [2.24, 2.45) is 0 Å². The van der Waals surface area contributed by atoms with Crippen molar-refractivity contribution in [3.8, 4) is 0 Å². The summed E-state index contributed by atoms with van der Waals surface area (Å²) in [5.74, 6) is -73.8. The summed E-state index contributed by atoms with van der Waals surface area (Å²) >= 11 is 0. The zero-order valence-corrected chi connectivity index (χ0v) is 17.6. The Balaban J connectivity index is 3.69. The van der Waals surface area contributed by atoms with Gasteiger partial charge in [0.2, 0.25) is 0 Å². The van der Waals surface area contributed by atoms with Gasteiger partial charge >= 0.3 is 59.6 Å². The van der Waals surface area contributed by atoms with Crippen LogP contribution in [0.5, 0.6) is 0 Å². The Labute approximate surface area is 204 Å². The lowest BCUT2D eigenvalue weighted by Crippen LogP contribution is -2.77. The van der Waals surface area contributed by atoms with Crippen molar-refractivity contribution in [3.05, 3.63) is 30.1 Å². The molecule has 0 radical (unpaired) electrons. The summed E-state index contributed by atoms with van der Waals surface area (Å²) < 4.78 is 279. The first kappa shape index (κ1) is 35.2. The van der Waals surface area contributed by atoms with Gasteiger partial charge in [-0.2, -0.15) is 92.2 Å². The average molecular weight is 640 g/mol. The molecule has 24 heteroatoms. The van der Waals surface area contributed by atoms with Gasteiger partial charge in [-0.25, -0.2) is 0 Å². The molecule has 1 amide bonds. The fraction of sp³-hybridized carbons (Fsp3) is 0.625. The van der Waals surface area contributed by atoms with Crippen LogP contribution in [0.2, 0.25) is 0 Å². The van der Waals surface area contributed by atoms with Crippen LogP contribution in [-0.2, 0) is 0 Å². The highest BCUT2D eigenvalue weighted by Crippen LogP contribution is 2.66. The lowest BCUT2D eigenvalue weighted by Gasteiger charge is -2.44. The van der Waals surface area contributed by atoms with Crippen molar-refractivity contribution in [1.82, 2.24) is 10.3 Å². The molecule has 0 aliphatic carbocycles. The zero-order valence-electron chi connectivity index (χ0n) is 17.6. The molecule has 0 saturated heterocycles. The van der Waals surface area contributed by atoms with Gasteiger partial charge in [-0.05, 0) is 12.1 Å².